The summed E-state index contributed by atoms with van der Waals surface area (Å²) in [5.41, 5.74) is 3.81. The Kier molecular flexibility index (Phi) is 4.19. The Labute approximate surface area is 157 Å². The van der Waals surface area contributed by atoms with Crippen LogP contribution in [0.5, 0.6) is 0 Å². The second-order valence-corrected chi connectivity index (χ2v) is 6.92. The number of benzene rings is 2. The van der Waals surface area contributed by atoms with Crippen molar-refractivity contribution in [2.24, 2.45) is 0 Å². The number of fused-ring (bicyclic) bond motifs is 2. The molecular formula is C23H21NO3. The minimum Gasteiger partial charge on any atom is -0.450 e. The lowest BCUT2D eigenvalue weighted by Gasteiger charge is -2.23. The van der Waals surface area contributed by atoms with Crippen LogP contribution < -0.4 is 5.43 Å². The van der Waals surface area contributed by atoms with Crippen LogP contribution in [0.3, 0.4) is 0 Å². The molecule has 27 heavy (non-hydrogen) atoms. The highest BCUT2D eigenvalue weighted by Crippen LogP contribution is 2.38. The van der Waals surface area contributed by atoms with Crippen LogP contribution in [0.4, 0.5) is 0 Å². The van der Waals surface area contributed by atoms with Gasteiger partial charge in [0, 0.05) is 6.54 Å². The fourth-order valence-electron chi connectivity index (χ4n) is 3.74. The Morgan fingerprint density at radius 2 is 1.89 bits per heavy atom. The van der Waals surface area contributed by atoms with Gasteiger partial charge in [-0.2, -0.15) is 0 Å². The predicted octanol–water partition coefficient (Wildman–Crippen LogP) is 4.40. The minimum absolute atomic E-state index is 0.139. The number of hydrogen-bond acceptors (Lipinski definition) is 3. The van der Waals surface area contributed by atoms with E-state index in [1.54, 1.807) is 17.0 Å². The largest absolute Gasteiger partial charge is 0.450 e. The molecule has 4 heteroatoms. The quantitative estimate of drug-likeness (QED) is 0.649. The predicted molar refractivity (Wildman–Crippen MR) is 106 cm³/mol. The smallest absolute Gasteiger partial charge is 0.291 e. The first kappa shape index (κ1) is 17.3. The highest BCUT2D eigenvalue weighted by Gasteiger charge is 2.42. The zero-order chi connectivity index (χ0) is 19.1. The molecule has 1 amide bonds. The molecule has 4 rings (SSSR count). The number of aryl methyl sites for hydroxylation is 2. The monoisotopic (exact) mass is 359 g/mol. The molecule has 1 atom stereocenters. The normalized spacial score (nSPS) is 16.0. The maximum Gasteiger partial charge on any atom is 0.291 e. The van der Waals surface area contributed by atoms with E-state index in [9.17, 15) is 9.59 Å². The molecule has 0 aliphatic carbocycles. The molecule has 0 fully saturated rings. The van der Waals surface area contributed by atoms with E-state index < -0.39 is 6.04 Å². The standard InChI is InChI=1S/C23H21NO3/c1-4-12-24-20(16-9-7-15(5-2)8-10-16)19-21(25)17-13-14(3)6-11-18(17)27-22(19)23(24)26/h4,6-11,13,20H,1,5,12H2,2-3H3/t20-/m0/s1. The van der Waals surface area contributed by atoms with Crippen LogP contribution in [-0.2, 0) is 6.42 Å². The summed E-state index contributed by atoms with van der Waals surface area (Å²) in [6.07, 6.45) is 2.61. The number of carbonyl (C=O) groups excluding carboxylic acids is 1. The van der Waals surface area contributed by atoms with Gasteiger partial charge in [0.15, 0.2) is 5.43 Å². The van der Waals surface area contributed by atoms with Crippen molar-refractivity contribution in [1.82, 2.24) is 4.90 Å². The zero-order valence-electron chi connectivity index (χ0n) is 15.5. The Morgan fingerprint density at radius 1 is 1.15 bits per heavy atom. The molecule has 2 aromatic carbocycles. The van der Waals surface area contributed by atoms with E-state index in [0.29, 0.717) is 23.1 Å². The SMILES string of the molecule is C=CCN1C(=O)c2oc3ccc(C)cc3c(=O)c2[C@@H]1c1ccc(CC)cc1. The van der Waals surface area contributed by atoms with Crippen LogP contribution in [0.15, 0.2) is 64.3 Å². The molecular weight excluding hydrogens is 338 g/mol. The summed E-state index contributed by atoms with van der Waals surface area (Å²) in [4.78, 5) is 28.0. The summed E-state index contributed by atoms with van der Waals surface area (Å²) >= 11 is 0. The molecule has 2 heterocycles. The number of nitrogens with zero attached hydrogens (tertiary/aromatic N) is 1. The minimum atomic E-state index is -0.461. The summed E-state index contributed by atoms with van der Waals surface area (Å²) in [5, 5.41) is 0.511. The number of carbonyl (C=O) groups is 1. The molecule has 0 saturated carbocycles. The number of hydrogen-bond donors (Lipinski definition) is 0. The van der Waals surface area contributed by atoms with Crippen LogP contribution in [0.1, 0.15) is 45.8 Å². The molecule has 1 aliphatic heterocycles. The fraction of sp³-hybridized carbons (Fsp3) is 0.217. The van der Waals surface area contributed by atoms with E-state index in [2.05, 4.69) is 13.5 Å². The van der Waals surface area contributed by atoms with Gasteiger partial charge in [0.2, 0.25) is 5.76 Å². The molecule has 1 aromatic heterocycles. The third-order valence-electron chi connectivity index (χ3n) is 5.15. The maximum atomic E-state index is 13.3. The van der Waals surface area contributed by atoms with E-state index in [-0.39, 0.29) is 17.1 Å². The lowest BCUT2D eigenvalue weighted by molar-refractivity contribution is 0.0748. The Balaban J connectivity index is 1.98. The van der Waals surface area contributed by atoms with Gasteiger partial charge in [-0.15, -0.1) is 6.58 Å². The van der Waals surface area contributed by atoms with Gasteiger partial charge in [0.05, 0.1) is 17.0 Å². The molecule has 3 aromatic rings. The Morgan fingerprint density at radius 3 is 2.56 bits per heavy atom. The summed E-state index contributed by atoms with van der Waals surface area (Å²) < 4.78 is 5.90. The van der Waals surface area contributed by atoms with Crippen molar-refractivity contribution >= 4 is 16.9 Å². The van der Waals surface area contributed by atoms with Crippen molar-refractivity contribution in [3.05, 3.63) is 93.4 Å². The molecule has 0 spiro atoms. The summed E-state index contributed by atoms with van der Waals surface area (Å²) in [6, 6.07) is 13.0. The van der Waals surface area contributed by atoms with Crippen LogP contribution in [0.25, 0.3) is 11.0 Å². The van der Waals surface area contributed by atoms with E-state index in [4.69, 9.17) is 4.42 Å². The van der Waals surface area contributed by atoms with Crippen molar-refractivity contribution in [2.45, 2.75) is 26.3 Å². The van der Waals surface area contributed by atoms with Crippen LogP contribution in [-0.4, -0.2) is 17.4 Å². The second kappa shape index (κ2) is 6.54. The van der Waals surface area contributed by atoms with Gasteiger partial charge >= 0.3 is 0 Å². The number of amides is 1. The van der Waals surface area contributed by atoms with Crippen molar-refractivity contribution in [2.75, 3.05) is 6.54 Å². The van der Waals surface area contributed by atoms with Gasteiger partial charge in [-0.25, -0.2) is 0 Å². The van der Waals surface area contributed by atoms with Crippen molar-refractivity contribution in [3.63, 3.8) is 0 Å². The van der Waals surface area contributed by atoms with Gasteiger partial charge in [-0.3, -0.25) is 9.59 Å². The highest BCUT2D eigenvalue weighted by molar-refractivity contribution is 5.99. The topological polar surface area (TPSA) is 50.5 Å². The Hall–Kier alpha value is -3.14. The van der Waals surface area contributed by atoms with Crippen molar-refractivity contribution < 1.29 is 9.21 Å². The zero-order valence-corrected chi connectivity index (χ0v) is 15.5. The lowest BCUT2D eigenvalue weighted by Crippen LogP contribution is -2.29. The van der Waals surface area contributed by atoms with E-state index >= 15 is 0 Å². The first-order valence-corrected chi connectivity index (χ1v) is 9.13. The first-order chi connectivity index (χ1) is 13.0. The molecule has 0 N–H and O–H groups in total. The van der Waals surface area contributed by atoms with Gasteiger partial charge in [0.1, 0.15) is 5.58 Å². The van der Waals surface area contributed by atoms with Crippen LogP contribution in [0, 0.1) is 6.92 Å². The van der Waals surface area contributed by atoms with Gasteiger partial charge in [-0.05, 0) is 36.6 Å². The number of rotatable bonds is 4. The van der Waals surface area contributed by atoms with Crippen molar-refractivity contribution in [3.8, 4) is 0 Å². The highest BCUT2D eigenvalue weighted by atomic mass is 16.3. The Bertz CT molecular complexity index is 1110. The van der Waals surface area contributed by atoms with Gasteiger partial charge < -0.3 is 9.32 Å². The van der Waals surface area contributed by atoms with Crippen LogP contribution in [0.2, 0.25) is 0 Å². The first-order valence-electron chi connectivity index (χ1n) is 9.13. The van der Waals surface area contributed by atoms with E-state index in [1.807, 2.05) is 43.3 Å². The molecule has 4 nitrogen and oxygen atoms in total. The van der Waals surface area contributed by atoms with Crippen molar-refractivity contribution in [1.29, 1.82) is 0 Å². The van der Waals surface area contributed by atoms with Gasteiger partial charge in [0.25, 0.3) is 5.91 Å². The molecule has 136 valence electrons. The average molecular weight is 359 g/mol. The maximum absolute atomic E-state index is 13.3. The summed E-state index contributed by atoms with van der Waals surface area (Å²) in [6.45, 7) is 8.14. The fourth-order valence-corrected chi connectivity index (χ4v) is 3.74. The lowest BCUT2D eigenvalue weighted by atomic mass is 9.97. The molecule has 0 radical (unpaired) electrons. The van der Waals surface area contributed by atoms with E-state index in [0.717, 1.165) is 17.5 Å². The molecule has 1 aliphatic rings. The molecule has 0 bridgehead atoms. The average Bonchev–Trinajstić information content (AvgIpc) is 2.95. The molecule has 0 saturated heterocycles. The summed E-state index contributed by atoms with van der Waals surface area (Å²) in [5.74, 6) is -0.128. The van der Waals surface area contributed by atoms with Crippen LogP contribution >= 0.6 is 0 Å². The summed E-state index contributed by atoms with van der Waals surface area (Å²) in [7, 11) is 0. The second-order valence-electron chi connectivity index (χ2n) is 6.92. The third kappa shape index (κ3) is 2.69. The molecule has 0 unspecified atom stereocenters. The van der Waals surface area contributed by atoms with E-state index in [1.165, 1.54) is 5.56 Å². The van der Waals surface area contributed by atoms with Gasteiger partial charge in [-0.1, -0.05) is 48.9 Å². The third-order valence-corrected chi connectivity index (χ3v) is 5.15.